The van der Waals surface area contributed by atoms with Crippen LogP contribution in [0, 0.1) is 5.92 Å². The van der Waals surface area contributed by atoms with Crippen molar-refractivity contribution in [1.29, 1.82) is 0 Å². The van der Waals surface area contributed by atoms with Crippen molar-refractivity contribution in [3.8, 4) is 0 Å². The summed E-state index contributed by atoms with van der Waals surface area (Å²) in [6, 6.07) is 5.66. The van der Waals surface area contributed by atoms with Crippen LogP contribution in [0.3, 0.4) is 0 Å². The Morgan fingerprint density at radius 2 is 2.20 bits per heavy atom. The van der Waals surface area contributed by atoms with E-state index >= 15 is 0 Å². The van der Waals surface area contributed by atoms with Gasteiger partial charge in [-0.15, -0.1) is 0 Å². The summed E-state index contributed by atoms with van der Waals surface area (Å²) >= 11 is 6.05. The molecule has 2 unspecified atom stereocenters. The smallest absolute Gasteiger partial charge is 0.0700 e. The predicted molar refractivity (Wildman–Crippen MR) is 82.7 cm³/mol. The van der Waals surface area contributed by atoms with Crippen molar-refractivity contribution in [1.82, 2.24) is 4.90 Å². The van der Waals surface area contributed by atoms with Crippen LogP contribution in [-0.2, 0) is 6.54 Å². The fourth-order valence-electron chi connectivity index (χ4n) is 3.74. The summed E-state index contributed by atoms with van der Waals surface area (Å²) in [6.07, 6.45) is 5.44. The Hall–Kier alpha value is -0.770. The highest BCUT2D eigenvalue weighted by atomic mass is 35.5. The van der Waals surface area contributed by atoms with Crippen molar-refractivity contribution in [2.45, 2.75) is 44.2 Å². The summed E-state index contributed by atoms with van der Waals surface area (Å²) in [5.41, 5.74) is 7.52. The van der Waals surface area contributed by atoms with Crippen molar-refractivity contribution in [3.05, 3.63) is 28.8 Å². The Labute approximate surface area is 125 Å². The molecule has 3 rings (SSSR count). The second-order valence-electron chi connectivity index (χ2n) is 6.37. The van der Waals surface area contributed by atoms with Crippen LogP contribution in [0.25, 0.3) is 0 Å². The quantitative estimate of drug-likeness (QED) is 0.824. The van der Waals surface area contributed by atoms with Gasteiger partial charge >= 0.3 is 0 Å². The molecule has 1 saturated carbocycles. The van der Waals surface area contributed by atoms with Crippen LogP contribution in [0.2, 0.25) is 5.02 Å². The maximum absolute atomic E-state index is 10.7. The maximum Gasteiger partial charge on any atom is 0.0700 e. The third-order valence-electron chi connectivity index (χ3n) is 5.01. The molecule has 2 aliphatic rings. The number of piperidine rings is 1. The lowest BCUT2D eigenvalue weighted by molar-refractivity contribution is -0.0967. The third-order valence-corrected chi connectivity index (χ3v) is 5.25. The van der Waals surface area contributed by atoms with Crippen LogP contribution < -0.4 is 5.73 Å². The molecule has 3 nitrogen and oxygen atoms in total. The minimum Gasteiger partial charge on any atom is -0.398 e. The highest BCUT2D eigenvalue weighted by Crippen LogP contribution is 2.40. The number of likely N-dealkylation sites (tertiary alicyclic amines) is 1. The number of benzene rings is 1. The summed E-state index contributed by atoms with van der Waals surface area (Å²) in [4.78, 5) is 2.41. The Morgan fingerprint density at radius 3 is 3.05 bits per heavy atom. The standard InChI is InChI=1S/C16H23ClN2O/c17-14-4-5-15(18)12(9-14)10-19-8-7-16(20)6-2-1-3-13(16)11-19/h4-5,9,13,20H,1-3,6-8,10-11,18H2. The van der Waals surface area contributed by atoms with E-state index in [0.717, 1.165) is 55.2 Å². The zero-order valence-corrected chi connectivity index (χ0v) is 12.6. The molecule has 1 saturated heterocycles. The SMILES string of the molecule is Nc1ccc(Cl)cc1CN1CCC2(O)CCCCC2C1. The first-order valence-electron chi connectivity index (χ1n) is 7.55. The van der Waals surface area contributed by atoms with E-state index < -0.39 is 5.60 Å². The fraction of sp³-hybridized carbons (Fsp3) is 0.625. The van der Waals surface area contributed by atoms with Gasteiger partial charge in [0.25, 0.3) is 0 Å². The lowest BCUT2D eigenvalue weighted by Gasteiger charge is -2.47. The Bertz CT molecular complexity index is 493. The van der Waals surface area contributed by atoms with Crippen molar-refractivity contribution in [2.75, 3.05) is 18.8 Å². The molecule has 0 bridgehead atoms. The van der Waals surface area contributed by atoms with Gasteiger partial charge in [-0.3, -0.25) is 4.90 Å². The summed E-state index contributed by atoms with van der Waals surface area (Å²) in [5, 5.41) is 11.4. The largest absolute Gasteiger partial charge is 0.398 e. The third kappa shape index (κ3) is 2.80. The molecule has 1 aliphatic heterocycles. The van der Waals surface area contributed by atoms with Gasteiger partial charge in [-0.1, -0.05) is 24.4 Å². The molecule has 1 aliphatic carbocycles. The van der Waals surface area contributed by atoms with E-state index in [1.165, 1.54) is 12.8 Å². The number of anilines is 1. The number of nitrogens with two attached hydrogens (primary N) is 1. The zero-order valence-electron chi connectivity index (χ0n) is 11.8. The molecule has 20 heavy (non-hydrogen) atoms. The molecular formula is C16H23ClN2O. The van der Waals surface area contributed by atoms with E-state index in [1.54, 1.807) is 0 Å². The molecule has 1 aromatic carbocycles. The number of nitrogen functional groups attached to an aromatic ring is 1. The molecule has 4 heteroatoms. The molecule has 1 heterocycles. The first kappa shape index (κ1) is 14.2. The Balaban J connectivity index is 1.69. The van der Waals surface area contributed by atoms with Crippen molar-refractivity contribution < 1.29 is 5.11 Å². The van der Waals surface area contributed by atoms with E-state index in [2.05, 4.69) is 4.90 Å². The number of rotatable bonds is 2. The molecule has 2 atom stereocenters. The molecule has 0 spiro atoms. The van der Waals surface area contributed by atoms with Crippen molar-refractivity contribution in [2.24, 2.45) is 5.92 Å². The van der Waals surface area contributed by atoms with Crippen LogP contribution in [0.15, 0.2) is 18.2 Å². The predicted octanol–water partition coefficient (Wildman–Crippen LogP) is 3.05. The van der Waals surface area contributed by atoms with Gasteiger partial charge in [-0.2, -0.15) is 0 Å². The van der Waals surface area contributed by atoms with Crippen LogP contribution in [0.5, 0.6) is 0 Å². The van der Waals surface area contributed by atoms with Gasteiger partial charge in [-0.05, 0) is 43.0 Å². The van der Waals surface area contributed by atoms with Gasteiger partial charge in [0.1, 0.15) is 0 Å². The van der Waals surface area contributed by atoms with Gasteiger partial charge in [-0.25, -0.2) is 0 Å². The summed E-state index contributed by atoms with van der Waals surface area (Å²) in [5.74, 6) is 0.422. The lowest BCUT2D eigenvalue weighted by Crippen LogP contribution is -2.52. The number of nitrogens with zero attached hydrogens (tertiary/aromatic N) is 1. The van der Waals surface area contributed by atoms with Crippen LogP contribution in [0.4, 0.5) is 5.69 Å². The van der Waals surface area contributed by atoms with E-state index in [1.807, 2.05) is 18.2 Å². The molecule has 0 amide bonds. The second-order valence-corrected chi connectivity index (χ2v) is 6.81. The number of hydrogen-bond acceptors (Lipinski definition) is 3. The maximum atomic E-state index is 10.7. The van der Waals surface area contributed by atoms with E-state index in [4.69, 9.17) is 17.3 Å². The van der Waals surface area contributed by atoms with E-state index in [9.17, 15) is 5.11 Å². The van der Waals surface area contributed by atoms with Gasteiger partial charge in [0.05, 0.1) is 5.60 Å². The molecule has 2 fully saturated rings. The van der Waals surface area contributed by atoms with Gasteiger partial charge in [0.15, 0.2) is 0 Å². The van der Waals surface area contributed by atoms with Gasteiger partial charge < -0.3 is 10.8 Å². The van der Waals surface area contributed by atoms with Gasteiger partial charge in [0, 0.05) is 36.3 Å². The van der Waals surface area contributed by atoms with Gasteiger partial charge in [0.2, 0.25) is 0 Å². The molecule has 0 aromatic heterocycles. The van der Waals surface area contributed by atoms with Crippen LogP contribution >= 0.6 is 11.6 Å². The molecular weight excluding hydrogens is 272 g/mol. The summed E-state index contributed by atoms with van der Waals surface area (Å²) in [7, 11) is 0. The molecule has 0 radical (unpaired) electrons. The lowest BCUT2D eigenvalue weighted by atomic mass is 9.71. The van der Waals surface area contributed by atoms with Crippen molar-refractivity contribution in [3.63, 3.8) is 0 Å². The average Bonchev–Trinajstić information content (AvgIpc) is 2.43. The second kappa shape index (κ2) is 5.55. The highest BCUT2D eigenvalue weighted by Gasteiger charge is 2.42. The Morgan fingerprint density at radius 1 is 1.35 bits per heavy atom. The summed E-state index contributed by atoms with van der Waals surface area (Å²) < 4.78 is 0. The number of hydrogen-bond donors (Lipinski definition) is 2. The first-order chi connectivity index (χ1) is 9.57. The zero-order chi connectivity index (χ0) is 14.2. The number of halogens is 1. The van der Waals surface area contributed by atoms with E-state index in [-0.39, 0.29) is 0 Å². The molecule has 110 valence electrons. The monoisotopic (exact) mass is 294 g/mol. The topological polar surface area (TPSA) is 49.5 Å². The van der Waals surface area contributed by atoms with E-state index in [0.29, 0.717) is 5.92 Å². The number of fused-ring (bicyclic) bond motifs is 1. The Kier molecular flexibility index (Phi) is 3.93. The number of aliphatic hydroxyl groups is 1. The summed E-state index contributed by atoms with van der Waals surface area (Å²) in [6.45, 7) is 2.75. The average molecular weight is 295 g/mol. The molecule has 1 aromatic rings. The van der Waals surface area contributed by atoms with Crippen molar-refractivity contribution >= 4 is 17.3 Å². The minimum atomic E-state index is -0.408. The fourth-order valence-corrected chi connectivity index (χ4v) is 3.93. The first-order valence-corrected chi connectivity index (χ1v) is 7.93. The van der Waals surface area contributed by atoms with Crippen LogP contribution in [-0.4, -0.2) is 28.7 Å². The highest BCUT2D eigenvalue weighted by molar-refractivity contribution is 6.30. The molecule has 3 N–H and O–H groups in total. The normalized spacial score (nSPS) is 31.0. The minimum absolute atomic E-state index is 0.408. The van der Waals surface area contributed by atoms with Crippen LogP contribution in [0.1, 0.15) is 37.7 Å².